The molecule has 0 aromatic heterocycles. The Balaban J connectivity index is 4.85. The summed E-state index contributed by atoms with van der Waals surface area (Å²) in [6, 6.07) is 0. The van der Waals surface area contributed by atoms with Crippen molar-refractivity contribution in [3.63, 3.8) is 0 Å². The Bertz CT molecular complexity index is 535. The van der Waals surface area contributed by atoms with E-state index in [0.29, 0.717) is 0 Å². The topological polar surface area (TPSA) is 117 Å². The molecule has 1 unspecified atom stereocenters. The van der Waals surface area contributed by atoms with Gasteiger partial charge in [0.1, 0.15) is 0 Å². The van der Waals surface area contributed by atoms with Crippen molar-refractivity contribution in [1.82, 2.24) is 0 Å². The van der Waals surface area contributed by atoms with Crippen LogP contribution < -0.4 is 11.5 Å². The molecule has 0 saturated carbocycles. The Morgan fingerprint density at radius 2 is 1.38 bits per heavy atom. The molecule has 0 aromatic carbocycles. The minimum absolute atomic E-state index is 0.0497. The molecule has 174 valence electrons. The molecule has 0 aliphatic heterocycles. The Labute approximate surface area is 164 Å². The molecule has 0 heterocycles. The average Bonchev–Trinajstić information content (AvgIpc) is 2.39. The third-order valence-electron chi connectivity index (χ3n) is 3.49. The lowest BCUT2D eigenvalue weighted by Gasteiger charge is -2.33. The second-order valence-electron chi connectivity index (χ2n) is 7.90. The monoisotopic (exact) mass is 442 g/mol. The lowest BCUT2D eigenvalue weighted by Crippen LogP contribution is -2.50. The molecule has 0 aliphatic rings. The van der Waals surface area contributed by atoms with Gasteiger partial charge in [-0.15, -0.1) is 8.78 Å². The first-order valence-corrected chi connectivity index (χ1v) is 8.59. The zero-order chi connectivity index (χ0) is 23.3. The van der Waals surface area contributed by atoms with Crippen molar-refractivity contribution < 1.29 is 50.5 Å². The van der Waals surface area contributed by atoms with Gasteiger partial charge in [-0.05, 0) is 34.1 Å². The summed E-state index contributed by atoms with van der Waals surface area (Å²) in [6.07, 6.45) is -17.7. The normalized spacial score (nSPS) is 15.3. The molecule has 0 aliphatic carbocycles. The number of nitrogens with two attached hydrogens (primary N) is 2. The maximum absolute atomic E-state index is 13.5. The van der Waals surface area contributed by atoms with Crippen molar-refractivity contribution in [2.24, 2.45) is 17.4 Å². The van der Waals surface area contributed by atoms with Crippen LogP contribution in [0.25, 0.3) is 0 Å². The van der Waals surface area contributed by atoms with Gasteiger partial charge in [0, 0.05) is 11.1 Å². The molecule has 0 spiro atoms. The van der Waals surface area contributed by atoms with Crippen molar-refractivity contribution in [1.29, 1.82) is 0 Å². The first kappa shape index (κ1) is 27.8. The predicted octanol–water partition coefficient (Wildman–Crippen LogP) is 2.55. The molecule has 5 N–H and O–H groups in total. The van der Waals surface area contributed by atoms with E-state index in [-0.39, 0.29) is 6.42 Å². The van der Waals surface area contributed by atoms with Crippen molar-refractivity contribution in [3.8, 4) is 0 Å². The molecule has 7 nitrogen and oxygen atoms in total. The number of aliphatic hydroxyl groups excluding tert-OH is 1. The number of hydrogen-bond acceptors (Lipinski definition) is 7. The first-order valence-electron chi connectivity index (χ1n) is 8.59. The maximum atomic E-state index is 13.5. The van der Waals surface area contributed by atoms with Crippen LogP contribution in [0.15, 0.2) is 0 Å². The zero-order valence-electron chi connectivity index (χ0n) is 16.6. The van der Waals surface area contributed by atoms with E-state index in [2.05, 4.69) is 14.2 Å². The molecule has 0 fully saturated rings. The SMILES string of the molecule is CC(C)(N)CC(C(=O)OCCC(F)(F)OC(F)(F)OC(F)(F)CCO)C(C)(C)N. The number of carbonyl (C=O) groups excluding carboxylic acids is 1. The van der Waals surface area contributed by atoms with Crippen molar-refractivity contribution in [2.45, 2.75) is 76.5 Å². The van der Waals surface area contributed by atoms with Crippen LogP contribution in [0.5, 0.6) is 0 Å². The number of carbonyl (C=O) groups is 1. The summed E-state index contributed by atoms with van der Waals surface area (Å²) in [7, 11) is 0. The Morgan fingerprint density at radius 1 is 0.931 bits per heavy atom. The minimum atomic E-state index is -5.36. The van der Waals surface area contributed by atoms with Crippen LogP contribution >= 0.6 is 0 Å². The van der Waals surface area contributed by atoms with Gasteiger partial charge in [0.25, 0.3) is 0 Å². The van der Waals surface area contributed by atoms with Gasteiger partial charge in [-0.1, -0.05) is 0 Å². The molecular weight excluding hydrogens is 414 g/mol. The van der Waals surface area contributed by atoms with Gasteiger partial charge < -0.3 is 21.3 Å². The standard InChI is InChI=1S/C16H28F6N2O5/c1-12(2,23)9-10(13(3,4)24)11(26)27-8-6-15(19,20)29-16(21,22)28-14(17,18)5-7-25/h10,25H,5-9,23-24H2,1-4H3. The summed E-state index contributed by atoms with van der Waals surface area (Å²) >= 11 is 0. The van der Waals surface area contributed by atoms with E-state index in [1.54, 1.807) is 13.8 Å². The maximum Gasteiger partial charge on any atom is 0.494 e. The summed E-state index contributed by atoms with van der Waals surface area (Å²) in [5.41, 5.74) is 9.75. The highest BCUT2D eigenvalue weighted by atomic mass is 19.3. The van der Waals surface area contributed by atoms with E-state index < -0.39 is 67.5 Å². The van der Waals surface area contributed by atoms with Gasteiger partial charge in [-0.25, -0.2) is 9.47 Å². The highest BCUT2D eigenvalue weighted by Crippen LogP contribution is 2.36. The van der Waals surface area contributed by atoms with E-state index in [9.17, 15) is 31.1 Å². The number of esters is 1. The molecule has 0 rings (SSSR count). The van der Waals surface area contributed by atoms with Gasteiger partial charge in [0.2, 0.25) is 0 Å². The summed E-state index contributed by atoms with van der Waals surface area (Å²) in [5, 5.41) is 8.31. The number of aliphatic hydroxyl groups is 1. The fourth-order valence-electron chi connectivity index (χ4n) is 2.15. The van der Waals surface area contributed by atoms with Crippen molar-refractivity contribution in [2.75, 3.05) is 13.2 Å². The Hall–Kier alpha value is -1.15. The zero-order valence-corrected chi connectivity index (χ0v) is 16.6. The van der Waals surface area contributed by atoms with E-state index in [0.717, 1.165) is 0 Å². The third kappa shape index (κ3) is 12.2. The molecular formula is C16H28F6N2O5. The average molecular weight is 442 g/mol. The lowest BCUT2D eigenvalue weighted by molar-refractivity contribution is -0.514. The molecule has 13 heteroatoms. The van der Waals surface area contributed by atoms with E-state index in [4.69, 9.17) is 16.6 Å². The quantitative estimate of drug-likeness (QED) is 0.228. The van der Waals surface area contributed by atoms with E-state index in [1.165, 1.54) is 13.8 Å². The molecule has 0 bridgehead atoms. The fraction of sp³-hybridized carbons (Fsp3) is 0.938. The highest BCUT2D eigenvalue weighted by Gasteiger charge is 2.52. The fourth-order valence-corrected chi connectivity index (χ4v) is 2.15. The number of alkyl halides is 6. The Kier molecular flexibility index (Phi) is 9.38. The highest BCUT2D eigenvalue weighted by molar-refractivity contribution is 5.74. The number of rotatable bonds is 13. The van der Waals surface area contributed by atoms with E-state index in [1.807, 2.05) is 0 Å². The Morgan fingerprint density at radius 3 is 1.76 bits per heavy atom. The van der Waals surface area contributed by atoms with Crippen LogP contribution in [-0.4, -0.2) is 53.9 Å². The van der Waals surface area contributed by atoms with Gasteiger partial charge in [0.15, 0.2) is 0 Å². The first-order chi connectivity index (χ1) is 12.7. The van der Waals surface area contributed by atoms with Crippen LogP contribution in [0.2, 0.25) is 0 Å². The second-order valence-corrected chi connectivity index (χ2v) is 7.90. The van der Waals surface area contributed by atoms with Gasteiger partial charge in [-0.3, -0.25) is 4.79 Å². The number of ether oxygens (including phenoxy) is 3. The summed E-state index contributed by atoms with van der Waals surface area (Å²) in [5.74, 6) is -1.97. The number of halogens is 6. The smallest absolute Gasteiger partial charge is 0.465 e. The van der Waals surface area contributed by atoms with Crippen molar-refractivity contribution in [3.05, 3.63) is 0 Å². The molecule has 0 aromatic rings. The van der Waals surface area contributed by atoms with Crippen molar-refractivity contribution >= 4 is 5.97 Å². The summed E-state index contributed by atoms with van der Waals surface area (Å²) < 4.78 is 89.8. The third-order valence-corrected chi connectivity index (χ3v) is 3.49. The summed E-state index contributed by atoms with van der Waals surface area (Å²) in [4.78, 5) is 12.2. The van der Waals surface area contributed by atoms with Crippen LogP contribution in [0, 0.1) is 5.92 Å². The van der Waals surface area contributed by atoms with Gasteiger partial charge >= 0.3 is 24.5 Å². The van der Waals surface area contributed by atoms with Gasteiger partial charge in [-0.2, -0.15) is 17.6 Å². The lowest BCUT2D eigenvalue weighted by atomic mass is 9.80. The molecule has 0 radical (unpaired) electrons. The summed E-state index contributed by atoms with van der Waals surface area (Å²) in [6.45, 7) is 3.91. The van der Waals surface area contributed by atoms with Crippen LogP contribution in [0.3, 0.4) is 0 Å². The largest absolute Gasteiger partial charge is 0.494 e. The van der Waals surface area contributed by atoms with Crippen LogP contribution in [0.1, 0.15) is 47.0 Å². The predicted molar refractivity (Wildman–Crippen MR) is 88.9 cm³/mol. The molecule has 29 heavy (non-hydrogen) atoms. The minimum Gasteiger partial charge on any atom is -0.465 e. The molecule has 0 saturated heterocycles. The van der Waals surface area contributed by atoms with Gasteiger partial charge in [0.05, 0.1) is 32.0 Å². The van der Waals surface area contributed by atoms with Crippen LogP contribution in [0.4, 0.5) is 26.3 Å². The van der Waals surface area contributed by atoms with Crippen LogP contribution in [-0.2, 0) is 19.0 Å². The second kappa shape index (κ2) is 9.77. The number of hydrogen-bond donors (Lipinski definition) is 3. The van der Waals surface area contributed by atoms with E-state index >= 15 is 0 Å². The molecule has 1 atom stereocenters. The molecule has 0 amide bonds.